The van der Waals surface area contributed by atoms with Crippen LogP contribution in [0.3, 0.4) is 0 Å². The van der Waals surface area contributed by atoms with Crippen molar-refractivity contribution >= 4 is 40.5 Å². The Labute approximate surface area is 241 Å². The molecule has 10 heteroatoms. The van der Waals surface area contributed by atoms with Gasteiger partial charge in [-0.15, -0.1) is 0 Å². The average Bonchev–Trinajstić information content (AvgIpc) is 3.45. The monoisotopic (exact) mass is 576 g/mol. The van der Waals surface area contributed by atoms with Crippen molar-refractivity contribution in [3.05, 3.63) is 104 Å². The number of aryl methyl sites for hydroxylation is 2. The molecule has 1 amide bonds. The van der Waals surface area contributed by atoms with Gasteiger partial charge in [-0.1, -0.05) is 29.3 Å². The van der Waals surface area contributed by atoms with Crippen LogP contribution in [0.2, 0.25) is 10.0 Å². The molecule has 8 nitrogen and oxygen atoms in total. The highest BCUT2D eigenvalue weighted by molar-refractivity contribution is 6.42. The summed E-state index contributed by atoms with van der Waals surface area (Å²) in [6, 6.07) is 17.8. The van der Waals surface area contributed by atoms with Crippen LogP contribution in [-0.2, 0) is 17.6 Å². The number of nitrogens with zero attached hydrogens (tertiary/aromatic N) is 3. The fourth-order valence-corrected chi connectivity index (χ4v) is 5.25. The van der Waals surface area contributed by atoms with Gasteiger partial charge < -0.3 is 19.7 Å². The van der Waals surface area contributed by atoms with Crippen LogP contribution in [0.15, 0.2) is 71.7 Å². The van der Waals surface area contributed by atoms with Gasteiger partial charge in [-0.25, -0.2) is 0 Å². The Kier molecular flexibility index (Phi) is 7.47. The normalized spacial score (nSPS) is 14.6. The molecule has 6 rings (SSSR count). The molecule has 1 aromatic heterocycles. The number of rotatable bonds is 6. The Morgan fingerprint density at radius 2 is 1.70 bits per heavy atom. The molecular weight excluding hydrogens is 551 g/mol. The zero-order valence-electron chi connectivity index (χ0n) is 21.5. The van der Waals surface area contributed by atoms with Gasteiger partial charge in [0.15, 0.2) is 11.4 Å². The van der Waals surface area contributed by atoms with Crippen molar-refractivity contribution in [1.82, 2.24) is 14.7 Å². The first-order chi connectivity index (χ1) is 19.5. The first kappa shape index (κ1) is 26.4. The molecule has 1 N–H and O–H groups in total. The van der Waals surface area contributed by atoms with Crippen molar-refractivity contribution in [2.45, 2.75) is 19.3 Å². The zero-order chi connectivity index (χ0) is 27.6. The average molecular weight is 577 g/mol. The third-order valence-electron chi connectivity index (χ3n) is 7.09. The maximum Gasteiger partial charge on any atom is 0.299 e. The second-order valence-electron chi connectivity index (χ2n) is 9.69. The molecule has 1 saturated heterocycles. The number of hydrogen-bond donors (Lipinski definition) is 1. The van der Waals surface area contributed by atoms with E-state index in [-0.39, 0.29) is 17.3 Å². The topological polar surface area (TPSA) is 85.7 Å². The lowest BCUT2D eigenvalue weighted by Crippen LogP contribution is -2.40. The summed E-state index contributed by atoms with van der Waals surface area (Å²) >= 11 is 12.3. The molecule has 1 fully saturated rings. The van der Waals surface area contributed by atoms with Crippen LogP contribution in [0.1, 0.15) is 27.9 Å². The number of anilines is 2. The molecule has 2 heterocycles. The lowest BCUT2D eigenvalue weighted by molar-refractivity contribution is 0.0303. The molecule has 2 aliphatic rings. The third-order valence-corrected chi connectivity index (χ3v) is 7.83. The Balaban J connectivity index is 1.34. The first-order valence-corrected chi connectivity index (χ1v) is 13.8. The number of ether oxygens (including phenoxy) is 2. The third kappa shape index (κ3) is 5.43. The van der Waals surface area contributed by atoms with Crippen LogP contribution in [0.25, 0.3) is 5.69 Å². The fourth-order valence-electron chi connectivity index (χ4n) is 4.96. The number of amides is 1. The molecular formula is C30H26Cl2N4O4. The Bertz CT molecular complexity index is 1630. The number of halogens is 2. The van der Waals surface area contributed by atoms with Crippen molar-refractivity contribution in [3.63, 3.8) is 0 Å². The summed E-state index contributed by atoms with van der Waals surface area (Å²) in [6.07, 6.45) is 4.69. The number of benzene rings is 3. The van der Waals surface area contributed by atoms with Gasteiger partial charge in [-0.05, 0) is 85.0 Å². The van der Waals surface area contributed by atoms with Crippen molar-refractivity contribution in [2.24, 2.45) is 0 Å². The molecule has 0 atom stereocenters. The van der Waals surface area contributed by atoms with E-state index in [0.29, 0.717) is 59.0 Å². The van der Waals surface area contributed by atoms with Crippen molar-refractivity contribution in [2.75, 3.05) is 31.6 Å². The van der Waals surface area contributed by atoms with Crippen LogP contribution in [0.4, 0.5) is 11.4 Å². The van der Waals surface area contributed by atoms with E-state index < -0.39 is 5.56 Å². The second kappa shape index (κ2) is 11.3. The van der Waals surface area contributed by atoms with Crippen molar-refractivity contribution in [1.29, 1.82) is 0 Å². The van der Waals surface area contributed by atoms with Gasteiger partial charge in [0, 0.05) is 24.3 Å². The zero-order valence-corrected chi connectivity index (χ0v) is 23.0. The predicted molar refractivity (Wildman–Crippen MR) is 155 cm³/mol. The smallest absolute Gasteiger partial charge is 0.299 e. The summed E-state index contributed by atoms with van der Waals surface area (Å²) in [7, 11) is 0. The van der Waals surface area contributed by atoms with Gasteiger partial charge >= 0.3 is 0 Å². The number of morpholine rings is 1. The van der Waals surface area contributed by atoms with Gasteiger partial charge in [0.05, 0.1) is 35.1 Å². The summed E-state index contributed by atoms with van der Waals surface area (Å²) in [5.41, 5.74) is 3.96. The quantitative estimate of drug-likeness (QED) is 0.301. The molecule has 0 radical (unpaired) electrons. The van der Waals surface area contributed by atoms with E-state index in [4.69, 9.17) is 32.7 Å². The van der Waals surface area contributed by atoms with Crippen LogP contribution in [0.5, 0.6) is 11.5 Å². The number of aromatic nitrogens is 2. The molecule has 0 bridgehead atoms. The van der Waals surface area contributed by atoms with Crippen LogP contribution in [0, 0.1) is 0 Å². The summed E-state index contributed by atoms with van der Waals surface area (Å²) in [5, 5.41) is 8.23. The minimum Gasteiger partial charge on any atom is -0.453 e. The lowest BCUT2D eigenvalue weighted by atomic mass is 10.1. The highest BCUT2D eigenvalue weighted by atomic mass is 35.5. The Hall–Kier alpha value is -3.85. The number of carbonyl (C=O) groups excluding carboxylic acids is 1. The summed E-state index contributed by atoms with van der Waals surface area (Å²) < 4.78 is 12.8. The SMILES string of the molecule is O=C(c1ccc(Nc2c(Oc3ccc4c(c3)CCC4)cnn(-c3ccc(Cl)c(Cl)c3)c2=O)cc1)N1CCOCC1. The summed E-state index contributed by atoms with van der Waals surface area (Å²) in [5.74, 6) is 0.845. The molecule has 0 spiro atoms. The Morgan fingerprint density at radius 3 is 2.48 bits per heavy atom. The van der Waals surface area contributed by atoms with Gasteiger partial charge in [-0.3, -0.25) is 9.59 Å². The van der Waals surface area contributed by atoms with E-state index in [1.807, 2.05) is 12.1 Å². The first-order valence-electron chi connectivity index (χ1n) is 13.1. The molecule has 204 valence electrons. The number of fused-ring (bicyclic) bond motifs is 1. The van der Waals surface area contributed by atoms with Crippen LogP contribution >= 0.6 is 23.2 Å². The molecule has 1 aliphatic carbocycles. The number of nitrogens with one attached hydrogen (secondary N) is 1. The lowest BCUT2D eigenvalue weighted by Gasteiger charge is -2.26. The predicted octanol–water partition coefficient (Wildman–Crippen LogP) is 6.04. The fraction of sp³-hybridized carbons (Fsp3) is 0.233. The summed E-state index contributed by atoms with van der Waals surface area (Å²) in [6.45, 7) is 2.19. The van der Waals surface area contributed by atoms with Gasteiger partial charge in [0.25, 0.3) is 11.5 Å². The highest BCUT2D eigenvalue weighted by Gasteiger charge is 2.20. The van der Waals surface area contributed by atoms with E-state index in [2.05, 4.69) is 16.5 Å². The van der Waals surface area contributed by atoms with Crippen molar-refractivity contribution < 1.29 is 14.3 Å². The highest BCUT2D eigenvalue weighted by Crippen LogP contribution is 2.33. The largest absolute Gasteiger partial charge is 0.453 e. The van der Waals surface area contributed by atoms with E-state index in [9.17, 15) is 9.59 Å². The standard InChI is InChI=1S/C30H26Cl2N4O4/c31-25-11-9-23(17-26(25)32)36-30(38)28(27(18-33-36)40-24-10-6-19-2-1-3-21(19)16-24)34-22-7-4-20(5-8-22)29(37)35-12-14-39-15-13-35/h4-11,16-18,34H,1-3,12-15H2. The summed E-state index contributed by atoms with van der Waals surface area (Å²) in [4.78, 5) is 28.4. The molecule has 3 aromatic carbocycles. The van der Waals surface area contributed by atoms with Gasteiger partial charge in [0.1, 0.15) is 5.75 Å². The van der Waals surface area contributed by atoms with E-state index in [1.54, 1.807) is 47.4 Å². The second-order valence-corrected chi connectivity index (χ2v) is 10.5. The Morgan fingerprint density at radius 1 is 0.925 bits per heavy atom. The van der Waals surface area contributed by atoms with E-state index in [1.165, 1.54) is 22.0 Å². The van der Waals surface area contributed by atoms with E-state index in [0.717, 1.165) is 19.3 Å². The maximum atomic E-state index is 13.8. The molecule has 0 unspecified atom stereocenters. The number of hydrogen-bond acceptors (Lipinski definition) is 6. The maximum absolute atomic E-state index is 13.8. The number of carbonyl (C=O) groups is 1. The molecule has 4 aromatic rings. The molecule has 0 saturated carbocycles. The van der Waals surface area contributed by atoms with Gasteiger partial charge in [0.2, 0.25) is 0 Å². The van der Waals surface area contributed by atoms with Crippen LogP contribution in [-0.4, -0.2) is 46.9 Å². The minimum absolute atomic E-state index is 0.0543. The minimum atomic E-state index is -0.439. The van der Waals surface area contributed by atoms with E-state index >= 15 is 0 Å². The van der Waals surface area contributed by atoms with Crippen molar-refractivity contribution in [3.8, 4) is 17.2 Å². The molecule has 1 aliphatic heterocycles. The molecule has 40 heavy (non-hydrogen) atoms. The van der Waals surface area contributed by atoms with Gasteiger partial charge in [-0.2, -0.15) is 9.78 Å². The van der Waals surface area contributed by atoms with Crippen LogP contribution < -0.4 is 15.6 Å².